The number of para-hydroxylation sites is 1. The van der Waals surface area contributed by atoms with Crippen LogP contribution in [0.3, 0.4) is 0 Å². The van der Waals surface area contributed by atoms with E-state index in [0.717, 1.165) is 17.8 Å². The summed E-state index contributed by atoms with van der Waals surface area (Å²) in [4.78, 5) is 8.43. The minimum absolute atomic E-state index is 0.448. The number of hydrogen-bond acceptors (Lipinski definition) is 4. The third-order valence-corrected chi connectivity index (χ3v) is 3.17. The molecule has 1 heterocycles. The van der Waals surface area contributed by atoms with Crippen molar-refractivity contribution in [3.05, 3.63) is 42.7 Å². The van der Waals surface area contributed by atoms with Crippen LogP contribution < -0.4 is 10.1 Å². The third kappa shape index (κ3) is 5.81. The highest BCUT2D eigenvalue weighted by molar-refractivity contribution is 5.57. The van der Waals surface area contributed by atoms with Crippen LogP contribution in [-0.4, -0.2) is 16.6 Å². The minimum Gasteiger partial charge on any atom is -0.463 e. The second kappa shape index (κ2) is 8.95. The molecule has 0 saturated heterocycles. The van der Waals surface area contributed by atoms with Crippen molar-refractivity contribution in [2.24, 2.45) is 0 Å². The molecule has 0 spiro atoms. The zero-order valence-electron chi connectivity index (χ0n) is 12.6. The lowest BCUT2D eigenvalue weighted by Gasteiger charge is -2.07. The van der Waals surface area contributed by atoms with Crippen molar-refractivity contribution in [3.8, 4) is 6.01 Å². The van der Waals surface area contributed by atoms with Gasteiger partial charge in [0.15, 0.2) is 0 Å². The second-order valence-corrected chi connectivity index (χ2v) is 5.01. The SMILES string of the molecule is CCCCCCCOc1ncc(Nc2ccccc2)cn1. The lowest BCUT2D eigenvalue weighted by Crippen LogP contribution is -2.01. The standard InChI is InChI=1S/C17H23N3O/c1-2-3-4-5-9-12-21-17-18-13-16(14-19-17)20-15-10-7-6-8-11-15/h6-8,10-11,13-14,20H,2-5,9,12H2,1H3. The summed E-state index contributed by atoms with van der Waals surface area (Å²) in [5, 5.41) is 3.24. The van der Waals surface area contributed by atoms with Crippen molar-refractivity contribution in [2.45, 2.75) is 39.0 Å². The fourth-order valence-corrected chi connectivity index (χ4v) is 2.01. The Hall–Kier alpha value is -2.10. The van der Waals surface area contributed by atoms with Gasteiger partial charge in [0.25, 0.3) is 0 Å². The molecule has 0 unspecified atom stereocenters. The molecule has 0 aliphatic rings. The van der Waals surface area contributed by atoms with Crippen molar-refractivity contribution >= 4 is 11.4 Å². The number of nitrogens with one attached hydrogen (secondary N) is 1. The highest BCUT2D eigenvalue weighted by Crippen LogP contribution is 2.15. The lowest BCUT2D eigenvalue weighted by atomic mass is 10.2. The molecule has 0 fully saturated rings. The molecule has 2 rings (SSSR count). The van der Waals surface area contributed by atoms with Crippen molar-refractivity contribution < 1.29 is 4.74 Å². The van der Waals surface area contributed by atoms with Crippen LogP contribution in [0.15, 0.2) is 42.7 Å². The highest BCUT2D eigenvalue weighted by Gasteiger charge is 1.99. The number of hydrogen-bond donors (Lipinski definition) is 1. The Morgan fingerprint density at radius 2 is 1.62 bits per heavy atom. The van der Waals surface area contributed by atoms with Crippen molar-refractivity contribution in [1.29, 1.82) is 0 Å². The third-order valence-electron chi connectivity index (χ3n) is 3.17. The molecule has 0 bridgehead atoms. The summed E-state index contributed by atoms with van der Waals surface area (Å²) in [7, 11) is 0. The van der Waals surface area contributed by atoms with E-state index in [1.165, 1.54) is 25.7 Å². The van der Waals surface area contributed by atoms with Crippen LogP contribution in [0, 0.1) is 0 Å². The van der Waals surface area contributed by atoms with Crippen LogP contribution >= 0.6 is 0 Å². The molecule has 0 aliphatic carbocycles. The molecule has 0 amide bonds. The molecule has 0 atom stereocenters. The summed E-state index contributed by atoms with van der Waals surface area (Å²) in [6, 6.07) is 10.4. The molecule has 4 heteroatoms. The summed E-state index contributed by atoms with van der Waals surface area (Å²) in [5.74, 6) is 0. The van der Waals surface area contributed by atoms with Gasteiger partial charge in [-0.05, 0) is 18.6 Å². The molecule has 0 aliphatic heterocycles. The number of unbranched alkanes of at least 4 members (excludes halogenated alkanes) is 4. The minimum atomic E-state index is 0.448. The largest absolute Gasteiger partial charge is 0.463 e. The Balaban J connectivity index is 1.72. The van der Waals surface area contributed by atoms with Crippen molar-refractivity contribution in [2.75, 3.05) is 11.9 Å². The summed E-state index contributed by atoms with van der Waals surface area (Å²) < 4.78 is 5.54. The topological polar surface area (TPSA) is 47.0 Å². The van der Waals surface area contributed by atoms with E-state index in [-0.39, 0.29) is 0 Å². The number of benzene rings is 1. The average molecular weight is 285 g/mol. The van der Waals surface area contributed by atoms with Gasteiger partial charge in [-0.15, -0.1) is 0 Å². The number of rotatable bonds is 9. The summed E-state index contributed by atoms with van der Waals surface area (Å²) in [6.45, 7) is 2.91. The van der Waals surface area contributed by atoms with E-state index >= 15 is 0 Å². The number of nitrogens with zero attached hydrogens (tertiary/aromatic N) is 2. The quantitative estimate of drug-likeness (QED) is 0.686. The lowest BCUT2D eigenvalue weighted by molar-refractivity contribution is 0.281. The summed E-state index contributed by atoms with van der Waals surface area (Å²) in [5.41, 5.74) is 1.88. The number of aromatic nitrogens is 2. The van der Waals surface area contributed by atoms with Crippen LogP contribution in [0.1, 0.15) is 39.0 Å². The molecule has 0 saturated carbocycles. The molecule has 1 aromatic carbocycles. The van der Waals surface area contributed by atoms with Gasteiger partial charge in [-0.3, -0.25) is 0 Å². The van der Waals surface area contributed by atoms with Gasteiger partial charge in [-0.25, -0.2) is 9.97 Å². The first-order valence-corrected chi connectivity index (χ1v) is 7.65. The average Bonchev–Trinajstić information content (AvgIpc) is 2.53. The molecular weight excluding hydrogens is 262 g/mol. The van der Waals surface area contributed by atoms with Gasteiger partial charge in [0, 0.05) is 5.69 Å². The molecule has 0 radical (unpaired) electrons. The van der Waals surface area contributed by atoms with Gasteiger partial charge in [0.1, 0.15) is 0 Å². The highest BCUT2D eigenvalue weighted by atomic mass is 16.5. The Kier molecular flexibility index (Phi) is 6.52. The molecule has 2 aromatic rings. The van der Waals surface area contributed by atoms with E-state index in [2.05, 4.69) is 22.2 Å². The Labute approximate surface area is 126 Å². The van der Waals surface area contributed by atoms with Crippen LogP contribution in [0.25, 0.3) is 0 Å². The normalized spacial score (nSPS) is 10.3. The van der Waals surface area contributed by atoms with Gasteiger partial charge in [0.2, 0.25) is 0 Å². The van der Waals surface area contributed by atoms with Gasteiger partial charge in [-0.1, -0.05) is 50.8 Å². The Morgan fingerprint density at radius 1 is 0.905 bits per heavy atom. The van der Waals surface area contributed by atoms with Crippen LogP contribution in [-0.2, 0) is 0 Å². The van der Waals surface area contributed by atoms with Gasteiger partial charge in [0.05, 0.1) is 24.7 Å². The molecule has 1 aromatic heterocycles. The monoisotopic (exact) mass is 285 g/mol. The number of anilines is 2. The van der Waals surface area contributed by atoms with Crippen LogP contribution in [0.4, 0.5) is 11.4 Å². The number of ether oxygens (including phenoxy) is 1. The summed E-state index contributed by atoms with van der Waals surface area (Å²) in [6.07, 6.45) is 9.60. The zero-order valence-corrected chi connectivity index (χ0v) is 12.6. The maximum atomic E-state index is 5.54. The second-order valence-electron chi connectivity index (χ2n) is 5.01. The first kappa shape index (κ1) is 15.3. The first-order chi connectivity index (χ1) is 10.4. The van der Waals surface area contributed by atoms with Crippen LogP contribution in [0.5, 0.6) is 6.01 Å². The van der Waals surface area contributed by atoms with E-state index in [0.29, 0.717) is 12.6 Å². The van der Waals surface area contributed by atoms with Gasteiger partial charge in [-0.2, -0.15) is 0 Å². The Bertz CT molecular complexity index is 499. The maximum absolute atomic E-state index is 5.54. The Morgan fingerprint density at radius 3 is 2.33 bits per heavy atom. The molecule has 4 nitrogen and oxygen atoms in total. The van der Waals surface area contributed by atoms with Gasteiger partial charge >= 0.3 is 6.01 Å². The smallest absolute Gasteiger partial charge is 0.316 e. The summed E-state index contributed by atoms with van der Waals surface area (Å²) >= 11 is 0. The van der Waals surface area contributed by atoms with E-state index in [9.17, 15) is 0 Å². The fraction of sp³-hybridized carbons (Fsp3) is 0.412. The molecule has 21 heavy (non-hydrogen) atoms. The molecular formula is C17H23N3O. The predicted molar refractivity (Wildman–Crippen MR) is 86.0 cm³/mol. The van der Waals surface area contributed by atoms with Crippen molar-refractivity contribution in [1.82, 2.24) is 9.97 Å². The fourth-order valence-electron chi connectivity index (χ4n) is 2.01. The maximum Gasteiger partial charge on any atom is 0.316 e. The van der Waals surface area contributed by atoms with Crippen LogP contribution in [0.2, 0.25) is 0 Å². The van der Waals surface area contributed by atoms with E-state index in [1.54, 1.807) is 12.4 Å². The predicted octanol–water partition coefficient (Wildman–Crippen LogP) is 4.57. The first-order valence-electron chi connectivity index (χ1n) is 7.65. The molecule has 112 valence electrons. The zero-order chi connectivity index (χ0) is 14.8. The molecule has 1 N–H and O–H groups in total. The van der Waals surface area contributed by atoms with Crippen molar-refractivity contribution in [3.63, 3.8) is 0 Å². The van der Waals surface area contributed by atoms with Gasteiger partial charge < -0.3 is 10.1 Å². The van der Waals surface area contributed by atoms with E-state index in [4.69, 9.17) is 4.74 Å². The van der Waals surface area contributed by atoms with E-state index in [1.807, 2.05) is 30.3 Å². The van der Waals surface area contributed by atoms with E-state index < -0.39 is 0 Å².